The minimum Gasteiger partial charge on any atom is -0.350 e. The topological polar surface area (TPSA) is 93.3 Å². The van der Waals surface area contributed by atoms with Crippen LogP contribution in [0.15, 0.2) is 61.2 Å². The van der Waals surface area contributed by atoms with Crippen molar-refractivity contribution < 1.29 is 9.72 Å². The number of aromatic nitrogens is 2. The first-order chi connectivity index (χ1) is 15.0. The summed E-state index contributed by atoms with van der Waals surface area (Å²) in [6.07, 6.45) is 6.87. The molecule has 31 heavy (non-hydrogen) atoms. The van der Waals surface area contributed by atoms with Gasteiger partial charge in [-0.3, -0.25) is 19.8 Å². The summed E-state index contributed by atoms with van der Waals surface area (Å²) in [5.41, 5.74) is 1.47. The number of nitro benzene ring substituents is 1. The van der Waals surface area contributed by atoms with Crippen LogP contribution in [-0.4, -0.2) is 44.9 Å². The Morgan fingerprint density at radius 3 is 2.71 bits per heavy atom. The summed E-state index contributed by atoms with van der Waals surface area (Å²) in [6, 6.07) is 12.1. The van der Waals surface area contributed by atoms with Crippen LogP contribution in [0.5, 0.6) is 0 Å². The monoisotopic (exact) mass is 439 g/mol. The smallest absolute Gasteiger partial charge is 0.294 e. The maximum absolute atomic E-state index is 12.8. The number of benzene rings is 2. The van der Waals surface area contributed by atoms with Gasteiger partial charge in [0.25, 0.3) is 11.6 Å². The molecule has 1 amide bonds. The van der Waals surface area contributed by atoms with Gasteiger partial charge < -0.3 is 9.88 Å². The van der Waals surface area contributed by atoms with E-state index in [9.17, 15) is 14.9 Å². The summed E-state index contributed by atoms with van der Waals surface area (Å²) in [7, 11) is 0. The van der Waals surface area contributed by atoms with E-state index in [1.54, 1.807) is 29.1 Å². The van der Waals surface area contributed by atoms with Gasteiger partial charge in [-0.15, -0.1) is 0 Å². The van der Waals surface area contributed by atoms with Crippen molar-refractivity contribution >= 4 is 23.2 Å². The third-order valence-corrected chi connectivity index (χ3v) is 5.72. The lowest BCUT2D eigenvalue weighted by molar-refractivity contribution is -0.384. The molecule has 4 rings (SSSR count). The van der Waals surface area contributed by atoms with E-state index in [1.165, 1.54) is 12.4 Å². The number of carbonyl (C=O) groups is 1. The van der Waals surface area contributed by atoms with Crippen LogP contribution in [0, 0.1) is 10.1 Å². The molecular weight excluding hydrogens is 418 g/mol. The van der Waals surface area contributed by atoms with Crippen molar-refractivity contribution in [1.82, 2.24) is 19.8 Å². The first-order valence-electron chi connectivity index (χ1n) is 10.1. The molecule has 9 heteroatoms. The van der Waals surface area contributed by atoms with Gasteiger partial charge in [0.1, 0.15) is 5.69 Å². The fraction of sp³-hybridized carbons (Fsp3) is 0.273. The summed E-state index contributed by atoms with van der Waals surface area (Å²) in [6.45, 7) is 2.30. The molecule has 0 bridgehead atoms. The van der Waals surface area contributed by atoms with E-state index in [1.807, 2.05) is 24.3 Å². The molecule has 1 unspecified atom stereocenters. The minimum atomic E-state index is -0.495. The Morgan fingerprint density at radius 1 is 1.23 bits per heavy atom. The Morgan fingerprint density at radius 2 is 2.03 bits per heavy atom. The van der Waals surface area contributed by atoms with Crippen LogP contribution in [0.4, 0.5) is 5.69 Å². The van der Waals surface area contributed by atoms with Crippen LogP contribution in [0.1, 0.15) is 34.8 Å². The highest BCUT2D eigenvalue weighted by Gasteiger charge is 2.25. The number of hydrogen-bond acceptors (Lipinski definition) is 5. The molecule has 0 saturated carbocycles. The Hall–Kier alpha value is -3.23. The van der Waals surface area contributed by atoms with Gasteiger partial charge in [0.15, 0.2) is 0 Å². The molecule has 1 aromatic heterocycles. The molecule has 2 aromatic carbocycles. The van der Waals surface area contributed by atoms with Crippen LogP contribution in [-0.2, 0) is 0 Å². The lowest BCUT2D eigenvalue weighted by Crippen LogP contribution is -2.36. The van der Waals surface area contributed by atoms with Crippen molar-refractivity contribution in [1.29, 1.82) is 0 Å². The molecular formula is C22H22ClN5O3. The van der Waals surface area contributed by atoms with E-state index >= 15 is 0 Å². The molecule has 1 fully saturated rings. The van der Waals surface area contributed by atoms with E-state index in [0.29, 0.717) is 17.3 Å². The zero-order chi connectivity index (χ0) is 21.8. The van der Waals surface area contributed by atoms with Crippen LogP contribution in [0.25, 0.3) is 5.69 Å². The molecule has 1 aliphatic heterocycles. The fourth-order valence-electron chi connectivity index (χ4n) is 3.95. The minimum absolute atomic E-state index is 0.00893. The summed E-state index contributed by atoms with van der Waals surface area (Å²) in [5.74, 6) is -0.355. The second-order valence-corrected chi connectivity index (χ2v) is 7.89. The third kappa shape index (κ3) is 4.76. The van der Waals surface area contributed by atoms with Crippen molar-refractivity contribution in [3.63, 3.8) is 0 Å². The molecule has 0 radical (unpaired) electrons. The first-order valence-corrected chi connectivity index (χ1v) is 10.5. The van der Waals surface area contributed by atoms with Crippen molar-refractivity contribution in [3.05, 3.63) is 87.4 Å². The summed E-state index contributed by atoms with van der Waals surface area (Å²) in [5, 5.41) is 15.2. The quantitative estimate of drug-likeness (QED) is 0.443. The number of rotatable bonds is 7. The maximum Gasteiger partial charge on any atom is 0.294 e. The number of nitro groups is 1. The first kappa shape index (κ1) is 21.0. The number of nitrogens with one attached hydrogen (secondary N) is 1. The number of imidazole rings is 1. The van der Waals surface area contributed by atoms with Gasteiger partial charge in [-0.2, -0.15) is 0 Å². The van der Waals surface area contributed by atoms with Crippen molar-refractivity contribution in [2.75, 3.05) is 19.6 Å². The van der Waals surface area contributed by atoms with E-state index in [4.69, 9.17) is 11.6 Å². The predicted octanol–water partition coefficient (Wildman–Crippen LogP) is 4.00. The van der Waals surface area contributed by atoms with Gasteiger partial charge in [0.05, 0.1) is 17.3 Å². The van der Waals surface area contributed by atoms with Gasteiger partial charge in [-0.1, -0.05) is 23.7 Å². The molecule has 1 aliphatic rings. The normalized spacial score (nSPS) is 15.0. The van der Waals surface area contributed by atoms with Crippen LogP contribution in [0.3, 0.4) is 0 Å². The number of likely N-dealkylation sites (tertiary alicyclic amines) is 1. The molecule has 1 N–H and O–H groups in total. The van der Waals surface area contributed by atoms with Gasteiger partial charge in [0.2, 0.25) is 0 Å². The predicted molar refractivity (Wildman–Crippen MR) is 118 cm³/mol. The second-order valence-electron chi connectivity index (χ2n) is 7.45. The number of hydrogen-bond donors (Lipinski definition) is 1. The largest absolute Gasteiger partial charge is 0.350 e. The van der Waals surface area contributed by atoms with Crippen molar-refractivity contribution in [2.45, 2.75) is 18.9 Å². The fourth-order valence-corrected chi connectivity index (χ4v) is 4.15. The van der Waals surface area contributed by atoms with Crippen molar-refractivity contribution in [2.24, 2.45) is 0 Å². The number of carbonyl (C=O) groups excluding carboxylic acids is 1. The molecule has 3 aromatic rings. The van der Waals surface area contributed by atoms with Crippen molar-refractivity contribution in [3.8, 4) is 5.69 Å². The lowest BCUT2D eigenvalue weighted by Gasteiger charge is -2.28. The number of amides is 1. The highest BCUT2D eigenvalue weighted by molar-refractivity contribution is 6.30. The number of halogens is 1. The van der Waals surface area contributed by atoms with E-state index < -0.39 is 4.92 Å². The lowest BCUT2D eigenvalue weighted by atomic mass is 10.1. The highest BCUT2D eigenvalue weighted by atomic mass is 35.5. The Balaban J connectivity index is 1.54. The van der Waals surface area contributed by atoms with E-state index in [2.05, 4.69) is 15.2 Å². The Labute approximate surface area is 184 Å². The summed E-state index contributed by atoms with van der Waals surface area (Å²) >= 11 is 6.18. The maximum atomic E-state index is 12.8. The molecule has 2 heterocycles. The third-order valence-electron chi connectivity index (χ3n) is 5.49. The van der Waals surface area contributed by atoms with E-state index in [-0.39, 0.29) is 23.2 Å². The standard InChI is InChI=1S/C22H22ClN5O3/c23-18-5-3-4-16(12-18)21(26-9-1-2-10-26)14-25-22(29)17-6-7-19(20(13-17)28(30)31)27-11-8-24-15-27/h3-8,11-13,15,21H,1-2,9-10,14H2,(H,25,29). The Bertz CT molecular complexity index is 1080. The average molecular weight is 440 g/mol. The molecule has 8 nitrogen and oxygen atoms in total. The summed E-state index contributed by atoms with van der Waals surface area (Å²) in [4.78, 5) is 30.2. The summed E-state index contributed by atoms with van der Waals surface area (Å²) < 4.78 is 1.54. The molecule has 0 spiro atoms. The zero-order valence-corrected chi connectivity index (χ0v) is 17.5. The van der Waals surface area contributed by atoms with Gasteiger partial charge in [-0.25, -0.2) is 4.98 Å². The highest BCUT2D eigenvalue weighted by Crippen LogP contribution is 2.27. The molecule has 1 saturated heterocycles. The average Bonchev–Trinajstić information content (AvgIpc) is 3.48. The second kappa shape index (κ2) is 9.28. The SMILES string of the molecule is O=C(NCC(c1cccc(Cl)c1)N1CCCC1)c1ccc(-n2ccnc2)c([N+](=O)[O-])c1. The van der Waals surface area contributed by atoms with Gasteiger partial charge >= 0.3 is 0 Å². The number of nitrogens with zero attached hydrogens (tertiary/aromatic N) is 4. The van der Waals surface area contributed by atoms with Crippen LogP contribution >= 0.6 is 11.6 Å². The molecule has 0 aliphatic carbocycles. The van der Waals surface area contributed by atoms with E-state index in [0.717, 1.165) is 31.5 Å². The van der Waals surface area contributed by atoms with Gasteiger partial charge in [-0.05, 0) is 55.8 Å². The zero-order valence-electron chi connectivity index (χ0n) is 16.8. The Kier molecular flexibility index (Phi) is 6.29. The van der Waals surface area contributed by atoms with Crippen LogP contribution < -0.4 is 5.32 Å². The molecule has 160 valence electrons. The molecule has 1 atom stereocenters. The van der Waals surface area contributed by atoms with Gasteiger partial charge in [0, 0.05) is 35.6 Å². The van der Waals surface area contributed by atoms with Crippen LogP contribution in [0.2, 0.25) is 5.02 Å².